The Hall–Kier alpha value is -2.25. The summed E-state index contributed by atoms with van der Waals surface area (Å²) in [6.45, 7) is 2.50. The second kappa shape index (κ2) is 8.91. The molecule has 0 aliphatic heterocycles. The lowest BCUT2D eigenvalue weighted by Crippen LogP contribution is -2.30. The van der Waals surface area contributed by atoms with Gasteiger partial charge in [-0.2, -0.15) is 0 Å². The van der Waals surface area contributed by atoms with Gasteiger partial charge >= 0.3 is 0 Å². The van der Waals surface area contributed by atoms with Crippen LogP contribution in [-0.2, 0) is 14.6 Å². The lowest BCUT2D eigenvalue weighted by molar-refractivity contribution is -0.119. The Kier molecular flexibility index (Phi) is 6.88. The summed E-state index contributed by atoms with van der Waals surface area (Å²) in [6.07, 6.45) is 0.825. The molecule has 2 rings (SSSR count). The van der Waals surface area contributed by atoms with E-state index in [1.807, 2.05) is 6.92 Å². The average molecular weight is 397 g/mol. The molecule has 0 atom stereocenters. The highest BCUT2D eigenvalue weighted by Gasteiger charge is 2.25. The first-order chi connectivity index (χ1) is 12.4. The Labute approximate surface area is 158 Å². The molecule has 0 saturated heterocycles. The zero-order chi connectivity index (χ0) is 19.2. The van der Waals surface area contributed by atoms with E-state index in [9.17, 15) is 13.2 Å². The first-order valence-electron chi connectivity index (χ1n) is 8.08. The third-order valence-electron chi connectivity index (χ3n) is 3.58. The molecule has 0 unspecified atom stereocenters. The van der Waals surface area contributed by atoms with Crippen molar-refractivity contribution in [3.05, 3.63) is 47.5 Å². The van der Waals surface area contributed by atoms with Gasteiger partial charge in [0.05, 0.1) is 24.2 Å². The Morgan fingerprint density at radius 2 is 1.88 bits per heavy atom. The molecule has 0 aliphatic carbocycles. The molecule has 0 radical (unpaired) electrons. The zero-order valence-corrected chi connectivity index (χ0v) is 16.2. The minimum atomic E-state index is -3.83. The molecule has 0 aliphatic rings. The number of benzene rings is 2. The lowest BCUT2D eigenvalue weighted by atomic mass is 10.3. The highest BCUT2D eigenvalue weighted by atomic mass is 35.5. The van der Waals surface area contributed by atoms with Crippen LogP contribution in [0.3, 0.4) is 0 Å². The maximum atomic E-state index is 13.0. The Balaban J connectivity index is 2.39. The molecule has 1 amide bonds. The normalized spacial score (nSPS) is 11.0. The van der Waals surface area contributed by atoms with Crippen molar-refractivity contribution < 1.29 is 17.9 Å². The fourth-order valence-electron chi connectivity index (χ4n) is 2.34. The summed E-state index contributed by atoms with van der Waals surface area (Å²) in [5.74, 6) is -0.0945. The number of ether oxygens (including phenoxy) is 1. The maximum absolute atomic E-state index is 13.0. The van der Waals surface area contributed by atoms with Gasteiger partial charge in [0.1, 0.15) is 4.90 Å². The maximum Gasteiger partial charge on any atom is 0.239 e. The summed E-state index contributed by atoms with van der Waals surface area (Å²) < 4.78 is 31.2. The van der Waals surface area contributed by atoms with E-state index >= 15 is 0 Å². The zero-order valence-electron chi connectivity index (χ0n) is 14.6. The third kappa shape index (κ3) is 4.68. The molecule has 0 heterocycles. The molecular weight excluding hydrogens is 376 g/mol. The van der Waals surface area contributed by atoms with Crippen LogP contribution in [0.25, 0.3) is 0 Å². The number of amides is 1. The van der Waals surface area contributed by atoms with Crippen molar-refractivity contribution in [2.75, 3.05) is 25.5 Å². The Bertz CT molecular complexity index is 870. The SMILES string of the molecule is CCCNC(=O)CNc1cc(Cl)cc(S(=O)(=O)c2ccccc2)c1OC. The highest BCUT2D eigenvalue weighted by molar-refractivity contribution is 7.91. The molecule has 140 valence electrons. The van der Waals surface area contributed by atoms with Crippen molar-refractivity contribution in [3.63, 3.8) is 0 Å². The second-order valence-electron chi connectivity index (χ2n) is 5.50. The van der Waals surface area contributed by atoms with Crippen molar-refractivity contribution in [3.8, 4) is 5.75 Å². The topological polar surface area (TPSA) is 84.5 Å². The van der Waals surface area contributed by atoms with Gasteiger partial charge in [-0.15, -0.1) is 0 Å². The summed E-state index contributed by atoms with van der Waals surface area (Å²) >= 11 is 6.11. The van der Waals surface area contributed by atoms with Gasteiger partial charge in [-0.25, -0.2) is 8.42 Å². The molecule has 2 N–H and O–H groups in total. The van der Waals surface area contributed by atoms with Crippen LogP contribution in [0.5, 0.6) is 5.75 Å². The number of halogens is 1. The van der Waals surface area contributed by atoms with Crippen LogP contribution in [0.2, 0.25) is 5.02 Å². The van der Waals surface area contributed by atoms with Crippen LogP contribution < -0.4 is 15.4 Å². The fourth-order valence-corrected chi connectivity index (χ4v) is 4.11. The van der Waals surface area contributed by atoms with E-state index in [1.54, 1.807) is 18.2 Å². The number of carbonyl (C=O) groups is 1. The molecule has 26 heavy (non-hydrogen) atoms. The number of sulfone groups is 1. The smallest absolute Gasteiger partial charge is 0.239 e. The monoisotopic (exact) mass is 396 g/mol. The summed E-state index contributed by atoms with van der Waals surface area (Å²) in [6, 6.07) is 10.9. The number of rotatable bonds is 8. The average Bonchev–Trinajstić information content (AvgIpc) is 2.64. The van der Waals surface area contributed by atoms with Gasteiger partial charge in [-0.1, -0.05) is 36.7 Å². The van der Waals surface area contributed by atoms with Gasteiger partial charge in [-0.3, -0.25) is 4.79 Å². The van der Waals surface area contributed by atoms with Crippen LogP contribution in [0.15, 0.2) is 52.3 Å². The number of methoxy groups -OCH3 is 1. The van der Waals surface area contributed by atoms with E-state index in [4.69, 9.17) is 16.3 Å². The third-order valence-corrected chi connectivity index (χ3v) is 5.57. The van der Waals surface area contributed by atoms with Crippen LogP contribution in [0.1, 0.15) is 13.3 Å². The number of hydrogen-bond donors (Lipinski definition) is 2. The molecular formula is C18H21ClN2O4S. The summed E-state index contributed by atoms with van der Waals surface area (Å²) in [4.78, 5) is 11.9. The van der Waals surface area contributed by atoms with Gasteiger partial charge in [0.2, 0.25) is 15.7 Å². The predicted octanol–water partition coefficient (Wildman–Crippen LogP) is 3.12. The molecule has 2 aromatic carbocycles. The van der Waals surface area contributed by atoms with Crippen LogP contribution >= 0.6 is 11.6 Å². The number of carbonyl (C=O) groups excluding carboxylic acids is 1. The molecule has 0 spiro atoms. The first-order valence-corrected chi connectivity index (χ1v) is 9.94. The van der Waals surface area contributed by atoms with Crippen LogP contribution in [0, 0.1) is 0 Å². The number of nitrogens with one attached hydrogen (secondary N) is 2. The molecule has 0 bridgehead atoms. The predicted molar refractivity (Wildman–Crippen MR) is 102 cm³/mol. The lowest BCUT2D eigenvalue weighted by Gasteiger charge is -2.16. The van der Waals surface area contributed by atoms with Crippen molar-refractivity contribution in [1.82, 2.24) is 5.32 Å². The minimum Gasteiger partial charge on any atom is -0.493 e. The van der Waals surface area contributed by atoms with E-state index in [2.05, 4.69) is 10.6 Å². The van der Waals surface area contributed by atoms with Crippen molar-refractivity contribution in [2.45, 2.75) is 23.1 Å². The van der Waals surface area contributed by atoms with Gasteiger partial charge in [0, 0.05) is 11.6 Å². The Morgan fingerprint density at radius 3 is 2.50 bits per heavy atom. The van der Waals surface area contributed by atoms with E-state index in [0.717, 1.165) is 6.42 Å². The minimum absolute atomic E-state index is 0.0263. The van der Waals surface area contributed by atoms with E-state index in [1.165, 1.54) is 31.4 Å². The van der Waals surface area contributed by atoms with Gasteiger partial charge in [0.25, 0.3) is 0 Å². The number of anilines is 1. The number of hydrogen-bond acceptors (Lipinski definition) is 5. The quantitative estimate of drug-likeness (QED) is 0.716. The first kappa shape index (κ1) is 20.1. The van der Waals surface area contributed by atoms with E-state index in [-0.39, 0.29) is 33.0 Å². The standard InChI is InChI=1S/C18H21ClN2O4S/c1-3-9-20-17(22)12-21-15-10-13(19)11-16(18(15)25-2)26(23,24)14-7-5-4-6-8-14/h4-8,10-11,21H,3,9,12H2,1-2H3,(H,20,22). The van der Waals surface area contributed by atoms with Gasteiger partial charge < -0.3 is 15.4 Å². The summed E-state index contributed by atoms with van der Waals surface area (Å²) in [5.41, 5.74) is 0.334. The van der Waals surface area contributed by atoms with Gasteiger partial charge in [-0.05, 0) is 30.7 Å². The largest absolute Gasteiger partial charge is 0.493 e. The summed E-state index contributed by atoms with van der Waals surface area (Å²) in [7, 11) is -2.46. The molecule has 2 aromatic rings. The second-order valence-corrected chi connectivity index (χ2v) is 7.86. The van der Waals surface area contributed by atoms with Crippen LogP contribution in [0.4, 0.5) is 5.69 Å². The summed E-state index contributed by atoms with van der Waals surface area (Å²) in [5, 5.41) is 5.84. The van der Waals surface area contributed by atoms with Crippen molar-refractivity contribution >= 4 is 33.0 Å². The van der Waals surface area contributed by atoms with Gasteiger partial charge in [0.15, 0.2) is 5.75 Å². The van der Waals surface area contributed by atoms with E-state index in [0.29, 0.717) is 12.2 Å². The molecule has 6 nitrogen and oxygen atoms in total. The molecule has 0 fully saturated rings. The fraction of sp³-hybridized carbons (Fsp3) is 0.278. The van der Waals surface area contributed by atoms with Crippen molar-refractivity contribution in [1.29, 1.82) is 0 Å². The highest BCUT2D eigenvalue weighted by Crippen LogP contribution is 2.38. The molecule has 0 aromatic heterocycles. The Morgan fingerprint density at radius 1 is 1.19 bits per heavy atom. The van der Waals surface area contributed by atoms with Crippen molar-refractivity contribution in [2.24, 2.45) is 0 Å². The van der Waals surface area contributed by atoms with Crippen LogP contribution in [-0.4, -0.2) is 34.5 Å². The van der Waals surface area contributed by atoms with E-state index < -0.39 is 9.84 Å². The molecule has 8 heteroatoms. The molecule has 0 saturated carbocycles.